The van der Waals surface area contributed by atoms with E-state index in [9.17, 15) is 9.18 Å². The minimum absolute atomic E-state index is 0.187. The number of rotatable bonds is 3. The van der Waals surface area contributed by atoms with E-state index in [1.54, 1.807) is 0 Å². The Balaban J connectivity index is 2.24. The smallest absolute Gasteiger partial charge is 0.450 e. The molecule has 1 heterocycles. The Morgan fingerprint density at radius 3 is 2.65 bits per heavy atom. The van der Waals surface area contributed by atoms with Gasteiger partial charge in [0.25, 0.3) is 0 Å². The van der Waals surface area contributed by atoms with Gasteiger partial charge in [0, 0.05) is 0 Å². The van der Waals surface area contributed by atoms with Gasteiger partial charge in [-0.15, -0.1) is 0 Å². The molecule has 0 aromatic carbocycles. The van der Waals surface area contributed by atoms with E-state index in [2.05, 4.69) is 0 Å². The van der Waals surface area contributed by atoms with Gasteiger partial charge in [0.15, 0.2) is 0 Å². The van der Waals surface area contributed by atoms with Crippen molar-refractivity contribution in [2.24, 2.45) is 5.92 Å². The minimum atomic E-state index is -2.17. The zero-order valence-corrected chi connectivity index (χ0v) is 9.52. The molecule has 0 aromatic rings. The van der Waals surface area contributed by atoms with Gasteiger partial charge < -0.3 is 19.7 Å². The quantitative estimate of drug-likeness (QED) is 0.743. The van der Waals surface area contributed by atoms with Crippen LogP contribution in [0.2, 0.25) is 0 Å². The van der Waals surface area contributed by atoms with E-state index in [4.69, 9.17) is 19.7 Å². The first-order valence-corrected chi connectivity index (χ1v) is 5.88. The minimum Gasteiger partial charge on any atom is -0.450 e. The van der Waals surface area contributed by atoms with Crippen molar-refractivity contribution in [1.82, 2.24) is 0 Å². The van der Waals surface area contributed by atoms with Gasteiger partial charge in [0.2, 0.25) is 5.85 Å². The van der Waals surface area contributed by atoms with Crippen molar-refractivity contribution in [3.63, 3.8) is 0 Å². The Morgan fingerprint density at radius 2 is 2.12 bits per heavy atom. The van der Waals surface area contributed by atoms with Gasteiger partial charge in [-0.25, -0.2) is 9.18 Å². The van der Waals surface area contributed by atoms with E-state index >= 15 is 0 Å². The van der Waals surface area contributed by atoms with Gasteiger partial charge in [-0.3, -0.25) is 0 Å². The van der Waals surface area contributed by atoms with Crippen molar-refractivity contribution in [3.05, 3.63) is 0 Å². The van der Waals surface area contributed by atoms with E-state index in [1.165, 1.54) is 0 Å². The molecule has 98 valence electrons. The molecule has 2 N–H and O–H groups in total. The molecule has 0 aromatic heterocycles. The highest BCUT2D eigenvalue weighted by Gasteiger charge is 2.58. The second-order valence-corrected chi connectivity index (χ2v) is 4.77. The molecule has 1 saturated heterocycles. The van der Waals surface area contributed by atoms with Gasteiger partial charge in [0.1, 0.15) is 12.2 Å². The molecule has 1 aliphatic heterocycles. The van der Waals surface area contributed by atoms with E-state index < -0.39 is 30.1 Å². The van der Waals surface area contributed by atoms with Gasteiger partial charge in [-0.1, -0.05) is 0 Å². The number of carboxylic acid groups (broad SMARTS) is 1. The van der Waals surface area contributed by atoms with Crippen LogP contribution in [-0.2, 0) is 9.47 Å². The predicted molar refractivity (Wildman–Crippen MR) is 55.3 cm³/mol. The number of hydrogen-bond donors (Lipinski definition) is 2. The molecule has 1 aliphatic carbocycles. The zero-order chi connectivity index (χ0) is 12.5. The monoisotopic (exact) mass is 248 g/mol. The van der Waals surface area contributed by atoms with E-state index in [0.717, 1.165) is 12.8 Å². The summed E-state index contributed by atoms with van der Waals surface area (Å²) in [5.41, 5.74) is -1.03. The average molecular weight is 248 g/mol. The lowest BCUT2D eigenvalue weighted by atomic mass is 9.80. The van der Waals surface area contributed by atoms with Gasteiger partial charge in [-0.05, 0) is 32.1 Å². The van der Waals surface area contributed by atoms with Crippen LogP contribution < -0.4 is 0 Å². The van der Waals surface area contributed by atoms with E-state index in [0.29, 0.717) is 19.3 Å². The SMILES string of the molecule is O=C(O)OC1(C2CCOC2(F)CO)CCCC1. The Bertz CT molecular complexity index is 302. The summed E-state index contributed by atoms with van der Waals surface area (Å²) >= 11 is 0. The lowest BCUT2D eigenvalue weighted by molar-refractivity contribution is -0.200. The fourth-order valence-corrected chi connectivity index (χ4v) is 3.14. The van der Waals surface area contributed by atoms with E-state index in [-0.39, 0.29) is 6.61 Å². The predicted octanol–water partition coefficient (Wildman–Crippen LogP) is 1.69. The molecule has 0 spiro atoms. The Morgan fingerprint density at radius 1 is 1.47 bits per heavy atom. The Kier molecular flexibility index (Phi) is 3.27. The van der Waals surface area contributed by atoms with Crippen molar-refractivity contribution in [2.75, 3.05) is 13.2 Å². The summed E-state index contributed by atoms with van der Waals surface area (Å²) < 4.78 is 24.2. The lowest BCUT2D eigenvalue weighted by Gasteiger charge is -2.38. The van der Waals surface area contributed by atoms with Crippen molar-refractivity contribution >= 4 is 6.16 Å². The molecule has 2 atom stereocenters. The highest BCUT2D eigenvalue weighted by molar-refractivity contribution is 5.57. The van der Waals surface area contributed by atoms with Crippen LogP contribution in [0, 0.1) is 5.92 Å². The van der Waals surface area contributed by atoms with Gasteiger partial charge >= 0.3 is 6.16 Å². The molecule has 0 radical (unpaired) electrons. The molecule has 0 amide bonds. The molecule has 17 heavy (non-hydrogen) atoms. The molecule has 2 aliphatic rings. The van der Waals surface area contributed by atoms with E-state index in [1.807, 2.05) is 0 Å². The molecule has 2 unspecified atom stereocenters. The van der Waals surface area contributed by atoms with Crippen molar-refractivity contribution in [1.29, 1.82) is 0 Å². The second-order valence-electron chi connectivity index (χ2n) is 4.77. The van der Waals surface area contributed by atoms with Crippen LogP contribution in [0.4, 0.5) is 9.18 Å². The summed E-state index contributed by atoms with van der Waals surface area (Å²) in [5, 5.41) is 17.9. The van der Waals surface area contributed by atoms with Crippen LogP contribution >= 0.6 is 0 Å². The fraction of sp³-hybridized carbons (Fsp3) is 0.909. The second kappa shape index (κ2) is 4.42. The van der Waals surface area contributed by atoms with Crippen molar-refractivity contribution in [2.45, 2.75) is 43.6 Å². The summed E-state index contributed by atoms with van der Waals surface area (Å²) in [6.07, 6.45) is 1.61. The zero-order valence-electron chi connectivity index (χ0n) is 9.52. The Hall–Kier alpha value is -0.880. The molecule has 1 saturated carbocycles. The normalized spacial score (nSPS) is 36.0. The number of ether oxygens (including phenoxy) is 2. The molecule has 2 fully saturated rings. The molecule has 0 bridgehead atoms. The van der Waals surface area contributed by atoms with Crippen LogP contribution in [-0.4, -0.2) is 41.0 Å². The molecule has 6 heteroatoms. The number of aliphatic hydroxyl groups is 1. The number of aliphatic hydroxyl groups excluding tert-OH is 1. The standard InChI is InChI=1S/C11H17FO5/c12-11(7-13)8(3-6-16-11)10(17-9(14)15)4-1-2-5-10/h8,13H,1-7H2,(H,14,15). The number of alkyl halides is 1. The lowest BCUT2D eigenvalue weighted by Crippen LogP contribution is -2.50. The van der Waals surface area contributed by atoms with Gasteiger partial charge in [-0.2, -0.15) is 0 Å². The Labute approximate surface area is 98.5 Å². The maximum atomic E-state index is 14.3. The van der Waals surface area contributed by atoms with Crippen molar-refractivity contribution in [3.8, 4) is 0 Å². The van der Waals surface area contributed by atoms with Crippen LogP contribution in [0.5, 0.6) is 0 Å². The summed E-state index contributed by atoms with van der Waals surface area (Å²) in [5.74, 6) is -2.88. The number of halogens is 1. The maximum Gasteiger partial charge on any atom is 0.506 e. The molecular weight excluding hydrogens is 231 g/mol. The number of hydrogen-bond acceptors (Lipinski definition) is 4. The average Bonchev–Trinajstić information content (AvgIpc) is 2.85. The van der Waals surface area contributed by atoms with Crippen LogP contribution in [0.3, 0.4) is 0 Å². The fourth-order valence-electron chi connectivity index (χ4n) is 3.14. The molecule has 5 nitrogen and oxygen atoms in total. The van der Waals surface area contributed by atoms with Crippen LogP contribution in [0.25, 0.3) is 0 Å². The van der Waals surface area contributed by atoms with Crippen molar-refractivity contribution < 1.29 is 28.9 Å². The third-order valence-electron chi connectivity index (χ3n) is 3.86. The summed E-state index contributed by atoms with van der Waals surface area (Å²) in [7, 11) is 0. The maximum absolute atomic E-state index is 14.3. The first kappa shape index (κ1) is 12.6. The summed E-state index contributed by atoms with van der Waals surface area (Å²) in [4.78, 5) is 10.8. The largest absolute Gasteiger partial charge is 0.506 e. The van der Waals surface area contributed by atoms with Crippen LogP contribution in [0.15, 0.2) is 0 Å². The topological polar surface area (TPSA) is 76.0 Å². The number of carbonyl (C=O) groups is 1. The van der Waals surface area contributed by atoms with Gasteiger partial charge in [0.05, 0.1) is 12.5 Å². The molecular formula is C11H17FO5. The first-order valence-electron chi connectivity index (χ1n) is 5.88. The summed E-state index contributed by atoms with van der Waals surface area (Å²) in [6.45, 7) is -0.575. The molecule has 2 rings (SSSR count). The van der Waals surface area contributed by atoms with Crippen LogP contribution in [0.1, 0.15) is 32.1 Å². The summed E-state index contributed by atoms with van der Waals surface area (Å²) in [6, 6.07) is 0. The third-order valence-corrected chi connectivity index (χ3v) is 3.86. The first-order chi connectivity index (χ1) is 8.02. The highest BCUT2D eigenvalue weighted by Crippen LogP contribution is 2.49. The highest BCUT2D eigenvalue weighted by atomic mass is 19.2. The third kappa shape index (κ3) is 2.11.